The lowest BCUT2D eigenvalue weighted by molar-refractivity contribution is -0.136. The van der Waals surface area contributed by atoms with Crippen molar-refractivity contribution in [1.82, 2.24) is 15.1 Å². The Hall–Kier alpha value is -2.37. The molecule has 152 valence electrons. The molecule has 2 aliphatic rings. The quantitative estimate of drug-likeness (QED) is 0.846. The molecule has 2 fully saturated rings. The Balaban J connectivity index is 1.72. The van der Waals surface area contributed by atoms with Crippen molar-refractivity contribution in [2.24, 2.45) is 5.92 Å². The molecule has 0 saturated carbocycles. The second kappa shape index (κ2) is 9.71. The van der Waals surface area contributed by atoms with Crippen LogP contribution in [0.4, 0.5) is 0 Å². The third-order valence-corrected chi connectivity index (χ3v) is 5.92. The SMILES string of the molecule is CCC(=O)N1CCC([C@H](NC(=O)c2ccccc2)C(=O)N2CCCCC2)CC1. The minimum Gasteiger partial charge on any atom is -0.343 e. The minimum absolute atomic E-state index is 0.0317. The van der Waals surface area contributed by atoms with Gasteiger partial charge >= 0.3 is 0 Å². The molecule has 0 radical (unpaired) electrons. The average molecular weight is 386 g/mol. The maximum atomic E-state index is 13.3. The Kier molecular flexibility index (Phi) is 7.06. The highest BCUT2D eigenvalue weighted by molar-refractivity contribution is 5.97. The summed E-state index contributed by atoms with van der Waals surface area (Å²) < 4.78 is 0. The first kappa shape index (κ1) is 20.4. The lowest BCUT2D eigenvalue weighted by atomic mass is 9.87. The van der Waals surface area contributed by atoms with Gasteiger partial charge in [0.15, 0.2) is 0 Å². The molecule has 6 heteroatoms. The predicted octanol–water partition coefficient (Wildman–Crippen LogP) is 2.45. The zero-order valence-corrected chi connectivity index (χ0v) is 16.7. The van der Waals surface area contributed by atoms with Crippen LogP contribution in [0.2, 0.25) is 0 Å². The largest absolute Gasteiger partial charge is 0.343 e. The topological polar surface area (TPSA) is 69.7 Å². The zero-order chi connectivity index (χ0) is 19.9. The van der Waals surface area contributed by atoms with E-state index in [0.29, 0.717) is 25.1 Å². The summed E-state index contributed by atoms with van der Waals surface area (Å²) in [6.45, 7) is 4.72. The molecule has 6 nitrogen and oxygen atoms in total. The van der Waals surface area contributed by atoms with Crippen molar-refractivity contribution < 1.29 is 14.4 Å². The molecule has 0 spiro atoms. The standard InChI is InChI=1S/C22H31N3O3/c1-2-19(26)24-15-11-17(12-16-24)20(22(28)25-13-7-4-8-14-25)23-21(27)18-9-5-3-6-10-18/h3,5-6,9-10,17,20H,2,4,7-8,11-16H2,1H3,(H,23,27)/t20-/m0/s1. The highest BCUT2D eigenvalue weighted by Crippen LogP contribution is 2.24. The Bertz CT molecular complexity index is 678. The van der Waals surface area contributed by atoms with Gasteiger partial charge in [0, 0.05) is 38.2 Å². The van der Waals surface area contributed by atoms with Gasteiger partial charge in [-0.1, -0.05) is 25.1 Å². The molecule has 2 heterocycles. The summed E-state index contributed by atoms with van der Waals surface area (Å²) in [5, 5.41) is 3.02. The van der Waals surface area contributed by atoms with Gasteiger partial charge in [0.1, 0.15) is 6.04 Å². The Morgan fingerprint density at radius 3 is 2.21 bits per heavy atom. The van der Waals surface area contributed by atoms with Crippen molar-refractivity contribution >= 4 is 17.7 Å². The number of rotatable bonds is 5. The van der Waals surface area contributed by atoms with Crippen LogP contribution in [-0.2, 0) is 9.59 Å². The van der Waals surface area contributed by atoms with Crippen LogP contribution < -0.4 is 5.32 Å². The average Bonchev–Trinajstić information content (AvgIpc) is 2.77. The van der Waals surface area contributed by atoms with E-state index >= 15 is 0 Å². The second-order valence-corrected chi connectivity index (χ2v) is 7.77. The first-order valence-electron chi connectivity index (χ1n) is 10.5. The Morgan fingerprint density at radius 2 is 1.61 bits per heavy atom. The number of nitrogens with zero attached hydrogens (tertiary/aromatic N) is 2. The molecule has 28 heavy (non-hydrogen) atoms. The van der Waals surface area contributed by atoms with Gasteiger partial charge in [0.2, 0.25) is 11.8 Å². The van der Waals surface area contributed by atoms with Crippen LogP contribution in [0.15, 0.2) is 30.3 Å². The summed E-state index contributed by atoms with van der Waals surface area (Å²) >= 11 is 0. The number of likely N-dealkylation sites (tertiary alicyclic amines) is 2. The Labute approximate surface area is 167 Å². The summed E-state index contributed by atoms with van der Waals surface area (Å²) in [4.78, 5) is 41.8. The van der Waals surface area contributed by atoms with Crippen LogP contribution in [-0.4, -0.2) is 59.7 Å². The van der Waals surface area contributed by atoms with E-state index in [1.54, 1.807) is 12.1 Å². The van der Waals surface area contributed by atoms with E-state index in [1.165, 1.54) is 0 Å². The predicted molar refractivity (Wildman–Crippen MR) is 108 cm³/mol. The molecule has 1 aromatic rings. The highest BCUT2D eigenvalue weighted by Gasteiger charge is 2.36. The third kappa shape index (κ3) is 4.91. The van der Waals surface area contributed by atoms with Gasteiger partial charge in [-0.25, -0.2) is 0 Å². The molecule has 0 bridgehead atoms. The lowest BCUT2D eigenvalue weighted by Gasteiger charge is -2.38. The van der Waals surface area contributed by atoms with E-state index in [2.05, 4.69) is 5.32 Å². The fourth-order valence-corrected chi connectivity index (χ4v) is 4.21. The van der Waals surface area contributed by atoms with E-state index in [9.17, 15) is 14.4 Å². The van der Waals surface area contributed by atoms with E-state index in [4.69, 9.17) is 0 Å². The number of piperidine rings is 2. The van der Waals surface area contributed by atoms with Crippen molar-refractivity contribution in [3.63, 3.8) is 0 Å². The molecule has 1 atom stereocenters. The maximum Gasteiger partial charge on any atom is 0.251 e. The van der Waals surface area contributed by atoms with Gasteiger partial charge in [-0.15, -0.1) is 0 Å². The van der Waals surface area contributed by atoms with Crippen LogP contribution in [0.3, 0.4) is 0 Å². The molecule has 1 aromatic carbocycles. The summed E-state index contributed by atoms with van der Waals surface area (Å²) in [7, 11) is 0. The van der Waals surface area contributed by atoms with Crippen LogP contribution in [0.5, 0.6) is 0 Å². The molecule has 0 unspecified atom stereocenters. The van der Waals surface area contributed by atoms with E-state index in [1.807, 2.05) is 34.9 Å². The van der Waals surface area contributed by atoms with Gasteiger partial charge < -0.3 is 15.1 Å². The number of carbonyl (C=O) groups is 3. The number of amides is 3. The fourth-order valence-electron chi connectivity index (χ4n) is 4.21. The number of benzene rings is 1. The van der Waals surface area contributed by atoms with E-state index < -0.39 is 6.04 Å². The van der Waals surface area contributed by atoms with E-state index in [0.717, 1.165) is 45.2 Å². The van der Waals surface area contributed by atoms with Crippen molar-refractivity contribution in [3.8, 4) is 0 Å². The van der Waals surface area contributed by atoms with Crippen LogP contribution >= 0.6 is 0 Å². The van der Waals surface area contributed by atoms with Gasteiger partial charge in [0.05, 0.1) is 0 Å². The number of carbonyl (C=O) groups excluding carboxylic acids is 3. The summed E-state index contributed by atoms with van der Waals surface area (Å²) in [6, 6.07) is 8.52. The minimum atomic E-state index is -0.523. The second-order valence-electron chi connectivity index (χ2n) is 7.77. The lowest BCUT2D eigenvalue weighted by Crippen LogP contribution is -2.55. The van der Waals surface area contributed by atoms with Gasteiger partial charge in [-0.3, -0.25) is 14.4 Å². The maximum absolute atomic E-state index is 13.3. The monoisotopic (exact) mass is 385 g/mol. The zero-order valence-electron chi connectivity index (χ0n) is 16.7. The summed E-state index contributed by atoms with van der Waals surface area (Å²) in [5.74, 6) is 0.0425. The fraction of sp³-hybridized carbons (Fsp3) is 0.591. The number of nitrogens with one attached hydrogen (secondary N) is 1. The van der Waals surface area contributed by atoms with Crippen molar-refractivity contribution in [2.45, 2.75) is 51.5 Å². The third-order valence-electron chi connectivity index (χ3n) is 5.92. The first-order valence-corrected chi connectivity index (χ1v) is 10.5. The smallest absolute Gasteiger partial charge is 0.251 e. The molecule has 2 saturated heterocycles. The molecular formula is C22H31N3O3. The molecule has 2 aliphatic heterocycles. The van der Waals surface area contributed by atoms with Gasteiger partial charge in [-0.05, 0) is 50.2 Å². The number of hydrogen-bond acceptors (Lipinski definition) is 3. The van der Waals surface area contributed by atoms with Crippen LogP contribution in [0.1, 0.15) is 55.8 Å². The van der Waals surface area contributed by atoms with Gasteiger partial charge in [0.25, 0.3) is 5.91 Å². The molecule has 3 amide bonds. The first-order chi connectivity index (χ1) is 13.6. The number of hydrogen-bond donors (Lipinski definition) is 1. The normalized spacial score (nSPS) is 19.2. The van der Waals surface area contributed by atoms with Crippen LogP contribution in [0.25, 0.3) is 0 Å². The molecule has 3 rings (SSSR count). The van der Waals surface area contributed by atoms with E-state index in [-0.39, 0.29) is 23.6 Å². The summed E-state index contributed by atoms with van der Waals surface area (Å²) in [6.07, 6.45) is 5.19. The Morgan fingerprint density at radius 1 is 0.964 bits per heavy atom. The summed E-state index contributed by atoms with van der Waals surface area (Å²) in [5.41, 5.74) is 0.567. The van der Waals surface area contributed by atoms with Crippen molar-refractivity contribution in [2.75, 3.05) is 26.2 Å². The van der Waals surface area contributed by atoms with Crippen molar-refractivity contribution in [1.29, 1.82) is 0 Å². The highest BCUT2D eigenvalue weighted by atomic mass is 16.2. The van der Waals surface area contributed by atoms with Crippen LogP contribution in [0, 0.1) is 5.92 Å². The molecular weight excluding hydrogens is 354 g/mol. The molecule has 0 aliphatic carbocycles. The van der Waals surface area contributed by atoms with Crippen molar-refractivity contribution in [3.05, 3.63) is 35.9 Å². The molecule has 0 aromatic heterocycles. The molecule has 1 N–H and O–H groups in total. The van der Waals surface area contributed by atoms with Gasteiger partial charge in [-0.2, -0.15) is 0 Å².